The molecule has 0 aliphatic heterocycles. The molecule has 0 spiro atoms. The van der Waals surface area contributed by atoms with Gasteiger partial charge in [0, 0.05) is 23.4 Å². The van der Waals surface area contributed by atoms with Crippen LogP contribution in [0.2, 0.25) is 10.0 Å². The fourth-order valence-corrected chi connectivity index (χ4v) is 4.12. The molecule has 3 rings (SSSR count). The maximum Gasteiger partial charge on any atom is 0.256 e. The van der Waals surface area contributed by atoms with E-state index in [-0.39, 0.29) is 5.91 Å². The van der Waals surface area contributed by atoms with Crippen molar-refractivity contribution in [1.29, 1.82) is 0 Å². The zero-order valence-corrected chi connectivity index (χ0v) is 21.4. The minimum Gasteiger partial charge on any atom is -0.489 e. The molecular weight excluding hydrogens is 503 g/mol. The van der Waals surface area contributed by atoms with E-state index in [4.69, 9.17) is 39.5 Å². The second-order valence-corrected chi connectivity index (χ2v) is 9.34. The van der Waals surface area contributed by atoms with Gasteiger partial charge in [-0.1, -0.05) is 61.1 Å². The predicted octanol–water partition coefficient (Wildman–Crippen LogP) is 6.67. The minimum absolute atomic E-state index is 0.264. The molecule has 0 atom stereocenters. The summed E-state index contributed by atoms with van der Waals surface area (Å²) in [5, 5.41) is 3.63. The van der Waals surface area contributed by atoms with Crippen LogP contribution in [0.5, 0.6) is 5.75 Å². The molecule has 2 N–H and O–H groups in total. The monoisotopic (exact) mass is 524 g/mol. The number of amides is 1. The molecule has 0 radical (unpaired) electrons. The number of anilines is 2. The Hall–Kier alpha value is -2.19. The number of ether oxygens (including phenoxy) is 1. The third-order valence-electron chi connectivity index (χ3n) is 5.00. The molecule has 6 nitrogen and oxygen atoms in total. The van der Waals surface area contributed by atoms with Crippen LogP contribution in [0.4, 0.5) is 11.8 Å². The van der Waals surface area contributed by atoms with Crippen molar-refractivity contribution >= 4 is 64.4 Å². The number of halogens is 3. The number of hydrogen-bond acceptors (Lipinski definition) is 6. The first-order valence-electron chi connectivity index (χ1n) is 9.98. The molecule has 33 heavy (non-hydrogen) atoms. The molecule has 0 aliphatic carbocycles. The third-order valence-corrected chi connectivity index (χ3v) is 6.11. The molecule has 0 bridgehead atoms. The molecule has 0 saturated carbocycles. The largest absolute Gasteiger partial charge is 0.489 e. The maximum absolute atomic E-state index is 12.7. The first kappa shape index (κ1) is 25.4. The van der Waals surface area contributed by atoms with E-state index in [9.17, 15) is 4.79 Å². The highest BCUT2D eigenvalue weighted by Crippen LogP contribution is 2.40. The predicted molar refractivity (Wildman–Crippen MR) is 138 cm³/mol. The Morgan fingerprint density at radius 2 is 1.76 bits per heavy atom. The number of carbonyl (C=O) groups excluding carboxylic acids is 1. The van der Waals surface area contributed by atoms with E-state index in [1.54, 1.807) is 24.4 Å². The fourth-order valence-electron chi connectivity index (χ4n) is 3.16. The van der Waals surface area contributed by atoms with Crippen molar-refractivity contribution < 1.29 is 9.53 Å². The minimum atomic E-state index is -0.418. The molecule has 1 amide bonds. The average molecular weight is 526 g/mol. The van der Waals surface area contributed by atoms with Crippen molar-refractivity contribution in [2.24, 2.45) is 0 Å². The third kappa shape index (κ3) is 6.23. The number of nitrogens with one attached hydrogen (secondary N) is 2. The van der Waals surface area contributed by atoms with Gasteiger partial charge in [-0.25, -0.2) is 4.98 Å². The van der Waals surface area contributed by atoms with Crippen LogP contribution in [0.3, 0.4) is 0 Å². The molecular formula is C23H23Cl3N4O2S. The van der Waals surface area contributed by atoms with E-state index in [2.05, 4.69) is 33.9 Å². The number of hydrogen-bond donors (Lipinski definition) is 2. The fraction of sp³-hybridized carbons (Fsp3) is 0.261. The van der Waals surface area contributed by atoms with Crippen LogP contribution >= 0.6 is 46.8 Å². The van der Waals surface area contributed by atoms with Crippen molar-refractivity contribution in [1.82, 2.24) is 9.97 Å². The van der Waals surface area contributed by atoms with Gasteiger partial charge in [-0.15, -0.1) is 11.6 Å². The molecule has 0 unspecified atom stereocenters. The highest BCUT2D eigenvalue weighted by Gasteiger charge is 2.26. The van der Waals surface area contributed by atoms with Gasteiger partial charge < -0.3 is 10.1 Å². The van der Waals surface area contributed by atoms with Crippen LogP contribution in [0.15, 0.2) is 48.7 Å². The lowest BCUT2D eigenvalue weighted by Gasteiger charge is -2.27. The lowest BCUT2D eigenvalue weighted by molar-refractivity contribution is 0.102. The average Bonchev–Trinajstić information content (AvgIpc) is 2.79. The van der Waals surface area contributed by atoms with Crippen molar-refractivity contribution in [3.63, 3.8) is 0 Å². The van der Waals surface area contributed by atoms with Crippen molar-refractivity contribution in [3.8, 4) is 5.75 Å². The smallest absolute Gasteiger partial charge is 0.256 e. The summed E-state index contributed by atoms with van der Waals surface area (Å²) in [7, 11) is 0. The van der Waals surface area contributed by atoms with Crippen LogP contribution in [0, 0.1) is 0 Å². The van der Waals surface area contributed by atoms with E-state index in [0.717, 1.165) is 11.1 Å². The molecule has 0 fully saturated rings. The van der Waals surface area contributed by atoms with E-state index < -0.39 is 5.41 Å². The van der Waals surface area contributed by atoms with E-state index in [0.29, 0.717) is 45.6 Å². The number of rotatable bonds is 9. The van der Waals surface area contributed by atoms with Gasteiger partial charge in [-0.2, -0.15) is 4.98 Å². The van der Waals surface area contributed by atoms with Crippen molar-refractivity contribution in [2.45, 2.75) is 19.3 Å². The standard InChI is InChI=1S/C23H23Cl3N4O2S/c1-23(2,16-12-17(25)20(18(26)13-16)32-11-9-24)15-6-4-14(5-7-15)21(31)28-19-8-10-27-22(29-19)30-33-3/h4-8,10,12-13H,9,11H2,1-3H3,(H2,27,28,29,30,31). The van der Waals surface area contributed by atoms with Crippen LogP contribution < -0.4 is 14.8 Å². The van der Waals surface area contributed by atoms with Crippen LogP contribution in [-0.4, -0.2) is 34.6 Å². The Morgan fingerprint density at radius 1 is 1.09 bits per heavy atom. The summed E-state index contributed by atoms with van der Waals surface area (Å²) in [4.78, 5) is 21.0. The molecule has 0 saturated heterocycles. The van der Waals surface area contributed by atoms with Crippen LogP contribution in [-0.2, 0) is 5.41 Å². The number of aromatic nitrogens is 2. The Bertz CT molecular complexity index is 1100. The first-order chi connectivity index (χ1) is 15.8. The van der Waals surface area contributed by atoms with Crippen LogP contribution in [0.25, 0.3) is 0 Å². The topological polar surface area (TPSA) is 76.1 Å². The summed E-state index contributed by atoms with van der Waals surface area (Å²) >= 11 is 19.9. The quantitative estimate of drug-likeness (QED) is 0.240. The van der Waals surface area contributed by atoms with Gasteiger partial charge in [0.25, 0.3) is 5.91 Å². The molecule has 1 aromatic heterocycles. The molecule has 10 heteroatoms. The van der Waals surface area contributed by atoms with E-state index in [1.165, 1.54) is 11.9 Å². The summed E-state index contributed by atoms with van der Waals surface area (Å²) in [6.07, 6.45) is 3.44. The van der Waals surface area contributed by atoms with Crippen molar-refractivity contribution in [2.75, 3.05) is 28.8 Å². The highest BCUT2D eigenvalue weighted by atomic mass is 35.5. The summed E-state index contributed by atoms with van der Waals surface area (Å²) in [6.45, 7) is 4.44. The zero-order valence-electron chi connectivity index (χ0n) is 18.3. The normalized spacial score (nSPS) is 11.2. The molecule has 174 valence electrons. The van der Waals surface area contributed by atoms with Crippen LogP contribution in [0.1, 0.15) is 35.3 Å². The molecule has 2 aromatic carbocycles. The Kier molecular flexibility index (Phi) is 8.70. The maximum atomic E-state index is 12.7. The van der Waals surface area contributed by atoms with E-state index >= 15 is 0 Å². The van der Waals surface area contributed by atoms with Gasteiger partial charge in [0.2, 0.25) is 5.95 Å². The number of alkyl halides is 1. The van der Waals surface area contributed by atoms with Gasteiger partial charge in [0.15, 0.2) is 5.75 Å². The van der Waals surface area contributed by atoms with Crippen molar-refractivity contribution in [3.05, 3.63) is 75.4 Å². The highest BCUT2D eigenvalue weighted by molar-refractivity contribution is 7.99. The summed E-state index contributed by atoms with van der Waals surface area (Å²) < 4.78 is 8.48. The lowest BCUT2D eigenvalue weighted by Crippen LogP contribution is -2.20. The summed E-state index contributed by atoms with van der Waals surface area (Å²) in [5.41, 5.74) is 2.00. The van der Waals surface area contributed by atoms with Gasteiger partial charge in [0.05, 0.1) is 15.9 Å². The first-order valence-corrected chi connectivity index (χ1v) is 12.5. The number of benzene rings is 2. The molecule has 3 aromatic rings. The lowest BCUT2D eigenvalue weighted by atomic mass is 9.78. The Balaban J connectivity index is 1.78. The molecule has 0 aliphatic rings. The van der Waals surface area contributed by atoms with Gasteiger partial charge in [-0.3, -0.25) is 9.52 Å². The Morgan fingerprint density at radius 3 is 2.36 bits per heavy atom. The summed E-state index contributed by atoms with van der Waals surface area (Å²) in [6, 6.07) is 12.7. The van der Waals surface area contributed by atoms with E-state index in [1.807, 2.05) is 30.5 Å². The second kappa shape index (κ2) is 11.3. The Labute approximate surface area is 212 Å². The van der Waals surface area contributed by atoms with Gasteiger partial charge in [-0.05, 0) is 41.5 Å². The SMILES string of the molecule is CSNc1nccc(NC(=O)c2ccc(C(C)(C)c3cc(Cl)c(OCCCl)c(Cl)c3)cc2)n1. The zero-order chi connectivity index (χ0) is 24.0. The van der Waals surface area contributed by atoms with Gasteiger partial charge >= 0.3 is 0 Å². The molecule has 1 heterocycles. The number of carbonyl (C=O) groups is 1. The number of nitrogens with zero attached hydrogens (tertiary/aromatic N) is 2. The van der Waals surface area contributed by atoms with Gasteiger partial charge in [0.1, 0.15) is 12.4 Å². The summed E-state index contributed by atoms with van der Waals surface area (Å²) in [5.74, 6) is 1.34. The second-order valence-electron chi connectivity index (χ2n) is 7.53.